The van der Waals surface area contributed by atoms with Crippen molar-refractivity contribution < 1.29 is 14.3 Å². The molecule has 1 heterocycles. The van der Waals surface area contributed by atoms with Crippen LogP contribution in [0.25, 0.3) is 0 Å². The molecule has 0 aliphatic carbocycles. The third kappa shape index (κ3) is 4.28. The molecule has 0 spiro atoms. The van der Waals surface area contributed by atoms with Crippen LogP contribution in [0.3, 0.4) is 0 Å². The summed E-state index contributed by atoms with van der Waals surface area (Å²) in [6, 6.07) is 13.6. The molecular formula is C21H25N3O3. The number of benzene rings is 2. The Bertz CT molecular complexity index is 848. The zero-order valence-electron chi connectivity index (χ0n) is 16.0. The molecule has 1 N–H and O–H groups in total. The molecule has 6 nitrogen and oxygen atoms in total. The zero-order valence-corrected chi connectivity index (χ0v) is 16.0. The summed E-state index contributed by atoms with van der Waals surface area (Å²) in [6.45, 7) is 2.40. The first-order valence-electron chi connectivity index (χ1n) is 9.12. The Hall–Kier alpha value is -2.86. The summed E-state index contributed by atoms with van der Waals surface area (Å²) in [5, 5.41) is 2.74. The molecule has 6 heteroatoms. The van der Waals surface area contributed by atoms with Crippen molar-refractivity contribution in [1.29, 1.82) is 0 Å². The normalized spacial score (nSPS) is 12.8. The average Bonchev–Trinajstić information content (AvgIpc) is 2.78. The van der Waals surface area contributed by atoms with Crippen LogP contribution in [-0.2, 0) is 22.4 Å². The van der Waals surface area contributed by atoms with E-state index in [0.717, 1.165) is 35.3 Å². The number of carbonyl (C=O) groups excluding carboxylic acids is 2. The van der Waals surface area contributed by atoms with Crippen LogP contribution in [-0.4, -0.2) is 44.1 Å². The smallest absolute Gasteiger partial charge is 0.411 e. The van der Waals surface area contributed by atoms with Crippen molar-refractivity contribution in [2.24, 2.45) is 0 Å². The van der Waals surface area contributed by atoms with Crippen LogP contribution >= 0.6 is 0 Å². The lowest BCUT2D eigenvalue weighted by molar-refractivity contribution is -0.118. The molecule has 0 radical (unpaired) electrons. The molecule has 0 aromatic heterocycles. The van der Waals surface area contributed by atoms with Gasteiger partial charge in [0.15, 0.2) is 0 Å². The Morgan fingerprint density at radius 3 is 2.52 bits per heavy atom. The van der Waals surface area contributed by atoms with Gasteiger partial charge in [-0.15, -0.1) is 0 Å². The first-order valence-corrected chi connectivity index (χ1v) is 9.12. The number of para-hydroxylation sites is 1. The van der Waals surface area contributed by atoms with E-state index in [4.69, 9.17) is 4.74 Å². The van der Waals surface area contributed by atoms with Gasteiger partial charge in [0.25, 0.3) is 0 Å². The lowest BCUT2D eigenvalue weighted by Crippen LogP contribution is -2.35. The second kappa shape index (κ2) is 8.22. The SMILES string of the molecule is CCOC(=O)Nc1ccc2c(c1)CCc1ccccc1N2C(=O)CN(C)C. The first-order chi connectivity index (χ1) is 13.0. The van der Waals surface area contributed by atoms with Crippen LogP contribution in [0.5, 0.6) is 0 Å². The van der Waals surface area contributed by atoms with Gasteiger partial charge in [-0.3, -0.25) is 15.0 Å². The molecule has 0 fully saturated rings. The molecule has 0 unspecified atom stereocenters. The summed E-state index contributed by atoms with van der Waals surface area (Å²) >= 11 is 0. The molecular weight excluding hydrogens is 342 g/mol. The number of aryl methyl sites for hydroxylation is 2. The molecule has 142 valence electrons. The van der Waals surface area contributed by atoms with Crippen LogP contribution in [0.4, 0.5) is 21.9 Å². The number of nitrogens with zero attached hydrogens (tertiary/aromatic N) is 2. The summed E-state index contributed by atoms with van der Waals surface area (Å²) in [6.07, 6.45) is 1.14. The van der Waals surface area contributed by atoms with Gasteiger partial charge in [0.2, 0.25) is 5.91 Å². The minimum absolute atomic E-state index is 0.0155. The summed E-state index contributed by atoms with van der Waals surface area (Å²) in [7, 11) is 3.77. The molecule has 0 saturated carbocycles. The van der Waals surface area contributed by atoms with Gasteiger partial charge in [-0.05, 0) is 69.3 Å². The maximum absolute atomic E-state index is 13.0. The van der Waals surface area contributed by atoms with Gasteiger partial charge in [-0.2, -0.15) is 0 Å². The van der Waals surface area contributed by atoms with Crippen LogP contribution < -0.4 is 10.2 Å². The van der Waals surface area contributed by atoms with Crippen molar-refractivity contribution >= 4 is 29.1 Å². The van der Waals surface area contributed by atoms with Gasteiger partial charge in [-0.25, -0.2) is 4.79 Å². The van der Waals surface area contributed by atoms with E-state index in [0.29, 0.717) is 18.8 Å². The van der Waals surface area contributed by atoms with Gasteiger partial charge in [0.05, 0.1) is 24.5 Å². The van der Waals surface area contributed by atoms with E-state index < -0.39 is 6.09 Å². The monoisotopic (exact) mass is 367 g/mol. The molecule has 2 aromatic carbocycles. The van der Waals surface area contributed by atoms with Crippen LogP contribution in [0, 0.1) is 0 Å². The highest BCUT2D eigenvalue weighted by Gasteiger charge is 2.26. The molecule has 3 rings (SSSR count). The Morgan fingerprint density at radius 1 is 1.07 bits per heavy atom. The van der Waals surface area contributed by atoms with Crippen molar-refractivity contribution in [2.45, 2.75) is 19.8 Å². The number of likely N-dealkylation sites (N-methyl/N-ethyl adjacent to an activating group) is 1. The fraction of sp³-hybridized carbons (Fsp3) is 0.333. The van der Waals surface area contributed by atoms with Gasteiger partial charge < -0.3 is 9.64 Å². The van der Waals surface area contributed by atoms with Crippen molar-refractivity contribution in [2.75, 3.05) is 37.5 Å². The third-order valence-electron chi connectivity index (χ3n) is 4.44. The summed E-state index contributed by atoms with van der Waals surface area (Å²) in [4.78, 5) is 28.4. The quantitative estimate of drug-likeness (QED) is 0.897. The van der Waals surface area contributed by atoms with Crippen LogP contribution in [0.2, 0.25) is 0 Å². The maximum Gasteiger partial charge on any atom is 0.411 e. The molecule has 0 atom stereocenters. The van der Waals surface area contributed by atoms with E-state index in [1.807, 2.05) is 49.3 Å². The largest absolute Gasteiger partial charge is 0.450 e. The van der Waals surface area contributed by atoms with E-state index in [9.17, 15) is 9.59 Å². The second-order valence-corrected chi connectivity index (χ2v) is 6.78. The predicted octanol–water partition coefficient (Wildman–Crippen LogP) is 3.58. The number of hydrogen-bond acceptors (Lipinski definition) is 4. The zero-order chi connectivity index (χ0) is 19.4. The van der Waals surface area contributed by atoms with Gasteiger partial charge in [0.1, 0.15) is 0 Å². The van der Waals surface area contributed by atoms with Gasteiger partial charge in [0, 0.05) is 5.69 Å². The van der Waals surface area contributed by atoms with E-state index >= 15 is 0 Å². The maximum atomic E-state index is 13.0. The van der Waals surface area contributed by atoms with E-state index in [-0.39, 0.29) is 5.91 Å². The molecule has 1 aliphatic heterocycles. The molecule has 0 saturated heterocycles. The van der Waals surface area contributed by atoms with Gasteiger partial charge in [-0.1, -0.05) is 18.2 Å². The first kappa shape index (κ1) is 18.9. The number of nitrogens with one attached hydrogen (secondary N) is 1. The molecule has 2 amide bonds. The molecule has 2 aromatic rings. The number of anilines is 3. The number of fused-ring (bicyclic) bond motifs is 2. The summed E-state index contributed by atoms with van der Waals surface area (Å²) in [5.74, 6) is 0.0155. The number of carbonyl (C=O) groups is 2. The average molecular weight is 367 g/mol. The number of rotatable bonds is 4. The Labute approximate surface area is 159 Å². The highest BCUT2D eigenvalue weighted by molar-refractivity contribution is 6.03. The van der Waals surface area contributed by atoms with Crippen molar-refractivity contribution in [1.82, 2.24) is 4.90 Å². The lowest BCUT2D eigenvalue weighted by atomic mass is 10.0. The van der Waals surface area contributed by atoms with Crippen LogP contribution in [0.15, 0.2) is 42.5 Å². The van der Waals surface area contributed by atoms with Crippen molar-refractivity contribution in [3.8, 4) is 0 Å². The number of ether oxygens (including phenoxy) is 1. The highest BCUT2D eigenvalue weighted by Crippen LogP contribution is 2.37. The van der Waals surface area contributed by atoms with Crippen LogP contribution in [0.1, 0.15) is 18.1 Å². The molecule has 1 aliphatic rings. The van der Waals surface area contributed by atoms with E-state index in [1.165, 1.54) is 0 Å². The van der Waals surface area contributed by atoms with E-state index in [1.54, 1.807) is 17.9 Å². The Balaban J connectivity index is 2.00. The summed E-state index contributed by atoms with van der Waals surface area (Å²) < 4.78 is 4.95. The highest BCUT2D eigenvalue weighted by atomic mass is 16.5. The molecule has 27 heavy (non-hydrogen) atoms. The van der Waals surface area contributed by atoms with Gasteiger partial charge >= 0.3 is 6.09 Å². The van der Waals surface area contributed by atoms with E-state index in [2.05, 4.69) is 11.4 Å². The minimum atomic E-state index is -0.477. The van der Waals surface area contributed by atoms with Crippen molar-refractivity contribution in [3.05, 3.63) is 53.6 Å². The second-order valence-electron chi connectivity index (χ2n) is 6.78. The summed E-state index contributed by atoms with van der Waals surface area (Å²) in [5.41, 5.74) is 4.61. The number of amides is 2. The minimum Gasteiger partial charge on any atom is -0.450 e. The fourth-order valence-corrected chi connectivity index (χ4v) is 3.32. The Kier molecular flexibility index (Phi) is 5.76. The fourth-order valence-electron chi connectivity index (χ4n) is 3.32. The topological polar surface area (TPSA) is 61.9 Å². The Morgan fingerprint density at radius 2 is 1.78 bits per heavy atom. The predicted molar refractivity (Wildman–Crippen MR) is 107 cm³/mol. The number of hydrogen-bond donors (Lipinski definition) is 1. The van der Waals surface area contributed by atoms with Crippen molar-refractivity contribution in [3.63, 3.8) is 0 Å². The molecule has 0 bridgehead atoms. The lowest BCUT2D eigenvalue weighted by Gasteiger charge is -2.26. The standard InChI is InChI=1S/C21H25N3O3/c1-4-27-21(26)22-17-11-12-19-16(13-17)10-9-15-7-5-6-8-18(15)24(19)20(25)14-23(2)3/h5-8,11-13H,4,9-10,14H2,1-3H3,(H,22,26). The third-order valence-corrected chi connectivity index (χ3v) is 4.44.